The summed E-state index contributed by atoms with van der Waals surface area (Å²) in [7, 11) is 0. The van der Waals surface area contributed by atoms with Gasteiger partial charge in [0, 0.05) is 30.7 Å². The Morgan fingerprint density at radius 2 is 1.37 bits per heavy atom. The number of carboxylic acids is 1. The van der Waals surface area contributed by atoms with Gasteiger partial charge in [0.1, 0.15) is 6.29 Å². The number of hydrogen-bond acceptors (Lipinski definition) is 15. The molecule has 0 radical (unpaired) electrons. The van der Waals surface area contributed by atoms with E-state index in [0.29, 0.717) is 31.7 Å². The molecule has 0 saturated carbocycles. The van der Waals surface area contributed by atoms with Crippen LogP contribution in [0.1, 0.15) is 86.9 Å². The quantitative estimate of drug-likeness (QED) is 0.0452. The van der Waals surface area contributed by atoms with Crippen LogP contribution in [0.3, 0.4) is 0 Å². The number of esters is 2. The summed E-state index contributed by atoms with van der Waals surface area (Å²) in [5.74, 6) is 3.25. The van der Waals surface area contributed by atoms with Gasteiger partial charge >= 0.3 is 36.8 Å². The van der Waals surface area contributed by atoms with Crippen LogP contribution in [0.2, 0.25) is 0 Å². The van der Waals surface area contributed by atoms with Crippen LogP contribution in [0.15, 0.2) is 26.3 Å². The molecule has 6 N–H and O–H groups in total. The van der Waals surface area contributed by atoms with Gasteiger partial charge in [0.15, 0.2) is 0 Å². The van der Waals surface area contributed by atoms with Gasteiger partial charge in [-0.15, -0.1) is 24.0 Å². The number of aryl methyl sites for hydroxylation is 2. The number of hydrogen-bond donors (Lipinski definition) is 4. The van der Waals surface area contributed by atoms with E-state index in [1.165, 1.54) is 12.3 Å². The number of terminal acetylenes is 1. The number of nitrogens with two attached hydrogens (primary N) is 1. The average molecular weight is 633 g/mol. The van der Waals surface area contributed by atoms with E-state index in [1.54, 1.807) is 25.8 Å². The molecule has 0 amide bonds. The van der Waals surface area contributed by atoms with Crippen LogP contribution < -0.4 is 24.8 Å². The minimum absolute atomic E-state index is 0. The van der Waals surface area contributed by atoms with Gasteiger partial charge in [0.05, 0.1) is 24.6 Å². The predicted octanol–water partition coefficient (Wildman–Crippen LogP) is 0.567. The van der Waals surface area contributed by atoms with Gasteiger partial charge < -0.3 is 44.3 Å². The van der Waals surface area contributed by atoms with Crippen molar-refractivity contribution in [2.75, 3.05) is 13.2 Å². The van der Waals surface area contributed by atoms with Crippen LogP contribution in [-0.4, -0.2) is 74.9 Å². The van der Waals surface area contributed by atoms with E-state index in [-0.39, 0.29) is 48.3 Å². The van der Waals surface area contributed by atoms with Gasteiger partial charge in [0.25, 0.3) is 0 Å². The van der Waals surface area contributed by atoms with E-state index in [2.05, 4.69) is 37.0 Å². The number of halogens is 1. The minimum atomic E-state index is -1.08. The fourth-order valence-corrected chi connectivity index (χ4v) is 1.61. The third-order valence-corrected chi connectivity index (χ3v) is 3.35. The van der Waals surface area contributed by atoms with Crippen molar-refractivity contribution in [2.24, 2.45) is 11.1 Å². The van der Waals surface area contributed by atoms with E-state index in [4.69, 9.17) is 24.8 Å². The Morgan fingerprint density at radius 3 is 1.58 bits per heavy atom. The molecule has 0 aliphatic heterocycles. The normalized spacial score (nSPS) is 7.98. The standard InChI is InChI=1S/C8H11NO3.C6H7NO3.C5H6O2.C3H7NO.C3H6O.ClH.Li.H3NO.H2O/c1-3-6-5-7(12-9-6)8(10)11-4-2;1-2-4-3-5(6(8)9)10-7-4;1-3-5(6)7-4-2;1-2-3-4-5;1-2-3-4;;;1-2;/h5H,3-4H2,1-2H3;3H,2H2,1H3,(H,8,9);1H,4H2,2H3;3,5H,2H2,1H3;3H,2H2,1H3;1H;;2H,1H2;1H2/q;;;;;;+1;;/p-1. The maximum absolute atomic E-state index is 11.0. The molecule has 43 heavy (non-hydrogen) atoms. The number of nitrogens with zero attached hydrogens (tertiary/aromatic N) is 3. The number of aromatic carboxylic acids is 1. The maximum atomic E-state index is 11.0. The average Bonchev–Trinajstić information content (AvgIpc) is 3.66. The number of carbonyl (C=O) groups excluding carboxylic acids is 3. The van der Waals surface area contributed by atoms with E-state index in [9.17, 15) is 19.2 Å². The Labute approximate surface area is 269 Å². The Kier molecular flexibility index (Phi) is 54.9. The number of rotatable bonds is 8. The van der Waals surface area contributed by atoms with Crippen molar-refractivity contribution in [3.05, 3.63) is 35.0 Å². The van der Waals surface area contributed by atoms with Gasteiger partial charge in [-0.25, -0.2) is 20.3 Å². The monoisotopic (exact) mass is 632 g/mol. The van der Waals surface area contributed by atoms with Crippen LogP contribution in [0.25, 0.3) is 0 Å². The molecule has 0 saturated heterocycles. The zero-order chi connectivity index (χ0) is 31.8. The molecule has 2 rings (SSSR count). The van der Waals surface area contributed by atoms with Gasteiger partial charge in [-0.05, 0) is 33.1 Å². The first-order valence-corrected chi connectivity index (χ1v) is 12.0. The molecule has 0 aliphatic rings. The van der Waals surface area contributed by atoms with Crippen molar-refractivity contribution in [1.82, 2.24) is 10.3 Å². The molecular formula is C25H42ClLiN4O12. The topological polar surface area (TPSA) is 268 Å². The Bertz CT molecular complexity index is 995. The van der Waals surface area contributed by atoms with Crippen LogP contribution in [-0.2, 0) is 31.9 Å². The minimum Gasteiger partial charge on any atom is -0.870 e. The summed E-state index contributed by atoms with van der Waals surface area (Å²) in [5, 5.41) is 32.4. The van der Waals surface area contributed by atoms with E-state index >= 15 is 0 Å². The Hall–Kier alpha value is -3.70. The molecule has 2 heterocycles. The summed E-state index contributed by atoms with van der Waals surface area (Å²) in [6.45, 7) is 11.7. The van der Waals surface area contributed by atoms with Crippen LogP contribution in [0.5, 0.6) is 0 Å². The first kappa shape index (κ1) is 55.3. The summed E-state index contributed by atoms with van der Waals surface area (Å²) in [6, 6.07) is 3.01. The molecule has 0 spiro atoms. The maximum Gasteiger partial charge on any atom is 1.00 e. The van der Waals surface area contributed by atoms with E-state index in [1.807, 2.05) is 27.7 Å². The molecule has 0 bridgehead atoms. The molecule has 0 fully saturated rings. The van der Waals surface area contributed by atoms with Gasteiger partial charge in [-0.2, -0.15) is 0 Å². The number of aldehydes is 1. The molecule has 2 aromatic rings. The van der Waals surface area contributed by atoms with E-state index < -0.39 is 17.9 Å². The summed E-state index contributed by atoms with van der Waals surface area (Å²) in [6.07, 6.45) is 9.82. The van der Waals surface area contributed by atoms with Gasteiger partial charge in [-0.1, -0.05) is 38.0 Å². The third kappa shape index (κ3) is 36.3. The molecule has 2 aromatic heterocycles. The smallest absolute Gasteiger partial charge is 0.870 e. The van der Waals surface area contributed by atoms with Crippen molar-refractivity contribution < 1.29 is 77.6 Å². The third-order valence-electron chi connectivity index (χ3n) is 3.35. The molecular weight excluding hydrogens is 591 g/mol. The summed E-state index contributed by atoms with van der Waals surface area (Å²) >= 11 is 0. The number of carboxylic acid groups (broad SMARTS) is 1. The van der Waals surface area contributed by atoms with Crippen LogP contribution in [0.4, 0.5) is 0 Å². The fraction of sp³-hybridized carbons (Fsp3) is 0.480. The Morgan fingerprint density at radius 1 is 0.953 bits per heavy atom. The van der Waals surface area contributed by atoms with Crippen molar-refractivity contribution in [3.8, 4) is 12.3 Å². The first-order chi connectivity index (χ1) is 19.1. The Balaban J connectivity index is -0.0000000766. The van der Waals surface area contributed by atoms with E-state index in [0.717, 1.165) is 24.8 Å². The fourth-order valence-electron chi connectivity index (χ4n) is 1.61. The SMILES string of the molecule is C#CC(=O)OCC.CCC=NO.CCC=O.CCOC(=O)c1cc(CC)no1.CCc1cc(C(=O)O)on1.Cl.NO.[Li+].[OH-]. The summed E-state index contributed by atoms with van der Waals surface area (Å²) in [4.78, 5) is 40.3. The van der Waals surface area contributed by atoms with Gasteiger partial charge in [-0.3, -0.25) is 0 Å². The van der Waals surface area contributed by atoms with Crippen LogP contribution in [0, 0.1) is 12.3 Å². The molecule has 0 aliphatic carbocycles. The largest absolute Gasteiger partial charge is 1.00 e. The summed E-state index contributed by atoms with van der Waals surface area (Å²) in [5.41, 5.74) is 1.43. The van der Waals surface area contributed by atoms with Gasteiger partial charge in [0.2, 0.25) is 11.5 Å². The molecule has 16 nitrogen and oxygen atoms in total. The number of oxime groups is 1. The van der Waals surface area contributed by atoms with Crippen molar-refractivity contribution >= 4 is 42.8 Å². The number of ether oxygens (including phenoxy) is 2. The zero-order valence-electron chi connectivity index (χ0n) is 25.5. The first-order valence-electron chi connectivity index (χ1n) is 12.0. The number of carbonyl (C=O) groups is 4. The summed E-state index contributed by atoms with van der Waals surface area (Å²) < 4.78 is 18.2. The number of aromatic nitrogens is 2. The molecule has 18 heteroatoms. The van der Waals surface area contributed by atoms with Crippen molar-refractivity contribution in [3.63, 3.8) is 0 Å². The molecule has 0 aromatic carbocycles. The van der Waals surface area contributed by atoms with Crippen LogP contribution >= 0.6 is 12.4 Å². The van der Waals surface area contributed by atoms with Crippen molar-refractivity contribution in [2.45, 2.75) is 67.2 Å². The predicted molar refractivity (Wildman–Crippen MR) is 152 cm³/mol. The second kappa shape index (κ2) is 42.8. The second-order valence-electron chi connectivity index (χ2n) is 6.24. The second-order valence-corrected chi connectivity index (χ2v) is 6.24. The molecule has 242 valence electrons. The molecule has 0 unspecified atom stereocenters. The van der Waals surface area contributed by atoms with Crippen molar-refractivity contribution in [1.29, 1.82) is 0 Å². The molecule has 0 atom stereocenters. The zero-order valence-corrected chi connectivity index (χ0v) is 26.3.